The van der Waals surface area contributed by atoms with Crippen LogP contribution in [0.15, 0.2) is 0 Å². The predicted molar refractivity (Wildman–Crippen MR) is 72.5 cm³/mol. The molecule has 2 atom stereocenters. The second-order valence-electron chi connectivity index (χ2n) is 5.15. The number of carbonyl (C=O) groups is 2. The Balaban J connectivity index is 2.66. The number of rotatable bonds is 6. The zero-order chi connectivity index (χ0) is 14.5. The zero-order valence-electron chi connectivity index (χ0n) is 11.6. The Kier molecular flexibility index (Phi) is 5.37. The van der Waals surface area contributed by atoms with E-state index in [0.717, 1.165) is 6.42 Å². The van der Waals surface area contributed by atoms with Crippen molar-refractivity contribution in [1.29, 1.82) is 0 Å². The van der Waals surface area contributed by atoms with Gasteiger partial charge in [0.1, 0.15) is 0 Å². The molecule has 0 radical (unpaired) electrons. The molecule has 19 heavy (non-hydrogen) atoms. The Labute approximate surface area is 114 Å². The van der Waals surface area contributed by atoms with Crippen molar-refractivity contribution in [3.05, 3.63) is 0 Å². The lowest BCUT2D eigenvalue weighted by Crippen LogP contribution is -2.45. The molecule has 0 spiro atoms. The van der Waals surface area contributed by atoms with E-state index in [2.05, 4.69) is 11.2 Å². The highest BCUT2D eigenvalue weighted by atomic mass is 16.4. The molecule has 0 aliphatic carbocycles. The van der Waals surface area contributed by atoms with E-state index in [9.17, 15) is 14.7 Å². The van der Waals surface area contributed by atoms with Crippen molar-refractivity contribution in [1.82, 2.24) is 10.2 Å². The maximum atomic E-state index is 11.8. The van der Waals surface area contributed by atoms with Crippen molar-refractivity contribution in [2.75, 3.05) is 19.6 Å². The monoisotopic (exact) mass is 266 g/mol. The zero-order valence-corrected chi connectivity index (χ0v) is 11.6. The standard InChI is InChI=1S/C14H22N2O3/c1-4-6-14(13(18)19)7-9-16(10-14)11(3)12(17)15-8-5-2/h2,11H,4,6-10H2,1,3H3,(H,15,17)(H,18,19). The van der Waals surface area contributed by atoms with E-state index < -0.39 is 11.4 Å². The molecule has 1 fully saturated rings. The number of aliphatic carboxylic acids is 1. The molecule has 0 bridgehead atoms. The van der Waals surface area contributed by atoms with E-state index in [0.29, 0.717) is 25.9 Å². The average molecular weight is 266 g/mol. The summed E-state index contributed by atoms with van der Waals surface area (Å²) in [5.41, 5.74) is -0.699. The molecular formula is C14H22N2O3. The maximum Gasteiger partial charge on any atom is 0.310 e. The third-order valence-corrected chi connectivity index (χ3v) is 3.86. The Morgan fingerprint density at radius 1 is 1.58 bits per heavy atom. The van der Waals surface area contributed by atoms with Gasteiger partial charge in [0.15, 0.2) is 0 Å². The fraction of sp³-hybridized carbons (Fsp3) is 0.714. The van der Waals surface area contributed by atoms with Crippen LogP contribution in [-0.4, -0.2) is 47.6 Å². The quantitative estimate of drug-likeness (QED) is 0.694. The highest BCUT2D eigenvalue weighted by Gasteiger charge is 2.45. The van der Waals surface area contributed by atoms with E-state index in [4.69, 9.17) is 6.42 Å². The van der Waals surface area contributed by atoms with Crippen LogP contribution in [0.25, 0.3) is 0 Å². The third kappa shape index (κ3) is 3.48. The largest absolute Gasteiger partial charge is 0.481 e. The number of nitrogens with zero attached hydrogens (tertiary/aromatic N) is 1. The summed E-state index contributed by atoms with van der Waals surface area (Å²) in [5, 5.41) is 12.1. The lowest BCUT2D eigenvalue weighted by Gasteiger charge is -2.27. The van der Waals surface area contributed by atoms with Gasteiger partial charge in [-0.1, -0.05) is 19.3 Å². The Morgan fingerprint density at radius 3 is 2.79 bits per heavy atom. The predicted octanol–water partition coefficient (Wildman–Crippen LogP) is 0.701. The van der Waals surface area contributed by atoms with Crippen molar-refractivity contribution in [3.8, 4) is 12.3 Å². The van der Waals surface area contributed by atoms with E-state index in [1.165, 1.54) is 0 Å². The average Bonchev–Trinajstić information content (AvgIpc) is 2.81. The third-order valence-electron chi connectivity index (χ3n) is 3.86. The molecule has 1 heterocycles. The van der Waals surface area contributed by atoms with Gasteiger partial charge in [-0.15, -0.1) is 6.42 Å². The first-order chi connectivity index (χ1) is 8.96. The summed E-state index contributed by atoms with van der Waals surface area (Å²) in [4.78, 5) is 25.2. The number of terminal acetylenes is 1. The smallest absolute Gasteiger partial charge is 0.310 e. The minimum atomic E-state index is -0.756. The molecule has 0 aromatic heterocycles. The van der Waals surface area contributed by atoms with Gasteiger partial charge in [0.05, 0.1) is 18.0 Å². The summed E-state index contributed by atoms with van der Waals surface area (Å²) < 4.78 is 0. The fourth-order valence-electron chi connectivity index (χ4n) is 2.65. The van der Waals surface area contributed by atoms with Crippen molar-refractivity contribution in [2.45, 2.75) is 39.2 Å². The van der Waals surface area contributed by atoms with Crippen LogP contribution in [0.4, 0.5) is 0 Å². The van der Waals surface area contributed by atoms with Crippen molar-refractivity contribution < 1.29 is 14.7 Å². The number of carboxylic acids is 1. The van der Waals surface area contributed by atoms with E-state index in [1.54, 1.807) is 6.92 Å². The van der Waals surface area contributed by atoms with Crippen LogP contribution < -0.4 is 5.32 Å². The van der Waals surface area contributed by atoms with Gasteiger partial charge in [0.2, 0.25) is 5.91 Å². The number of hydrogen-bond acceptors (Lipinski definition) is 3. The molecule has 1 aliphatic heterocycles. The lowest BCUT2D eigenvalue weighted by atomic mass is 9.83. The van der Waals surface area contributed by atoms with Crippen LogP contribution >= 0.6 is 0 Å². The summed E-state index contributed by atoms with van der Waals surface area (Å²) in [5.74, 6) is 1.45. The molecule has 106 valence electrons. The van der Waals surface area contributed by atoms with Gasteiger partial charge in [-0.3, -0.25) is 14.5 Å². The summed E-state index contributed by atoms with van der Waals surface area (Å²) in [7, 11) is 0. The Morgan fingerprint density at radius 2 is 2.26 bits per heavy atom. The highest BCUT2D eigenvalue weighted by molar-refractivity contribution is 5.82. The molecule has 2 unspecified atom stereocenters. The van der Waals surface area contributed by atoms with Crippen molar-refractivity contribution >= 4 is 11.9 Å². The summed E-state index contributed by atoms with van der Waals surface area (Å²) >= 11 is 0. The van der Waals surface area contributed by atoms with Crippen LogP contribution in [0.1, 0.15) is 33.1 Å². The van der Waals surface area contributed by atoms with Crippen LogP contribution in [-0.2, 0) is 9.59 Å². The Hall–Kier alpha value is -1.54. The minimum absolute atomic E-state index is 0.143. The number of carbonyl (C=O) groups excluding carboxylic acids is 1. The van der Waals surface area contributed by atoms with Crippen LogP contribution in [0.5, 0.6) is 0 Å². The van der Waals surface area contributed by atoms with Gasteiger partial charge < -0.3 is 10.4 Å². The summed E-state index contributed by atoms with van der Waals surface area (Å²) in [6.45, 7) is 5.04. The summed E-state index contributed by atoms with van der Waals surface area (Å²) in [6.07, 6.45) is 7.18. The van der Waals surface area contributed by atoms with Crippen LogP contribution in [0.3, 0.4) is 0 Å². The molecule has 1 amide bonds. The van der Waals surface area contributed by atoms with Gasteiger partial charge in [-0.2, -0.15) is 0 Å². The first kappa shape index (κ1) is 15.5. The second-order valence-corrected chi connectivity index (χ2v) is 5.15. The first-order valence-corrected chi connectivity index (χ1v) is 6.65. The number of carboxylic acid groups (broad SMARTS) is 1. The molecule has 2 N–H and O–H groups in total. The molecule has 5 nitrogen and oxygen atoms in total. The van der Waals surface area contributed by atoms with E-state index >= 15 is 0 Å². The molecule has 0 aromatic carbocycles. The van der Waals surface area contributed by atoms with Crippen molar-refractivity contribution in [2.24, 2.45) is 5.41 Å². The van der Waals surface area contributed by atoms with Gasteiger partial charge >= 0.3 is 5.97 Å². The normalized spacial score (nSPS) is 24.7. The van der Waals surface area contributed by atoms with Gasteiger partial charge in [-0.25, -0.2) is 0 Å². The number of nitrogens with one attached hydrogen (secondary N) is 1. The molecule has 1 aliphatic rings. The van der Waals surface area contributed by atoms with Gasteiger partial charge in [0.25, 0.3) is 0 Å². The highest BCUT2D eigenvalue weighted by Crippen LogP contribution is 2.36. The molecule has 0 aromatic rings. The molecule has 1 rings (SSSR count). The van der Waals surface area contributed by atoms with Crippen LogP contribution in [0.2, 0.25) is 0 Å². The van der Waals surface area contributed by atoms with Crippen LogP contribution in [0, 0.1) is 17.8 Å². The fourth-order valence-corrected chi connectivity index (χ4v) is 2.65. The van der Waals surface area contributed by atoms with E-state index in [-0.39, 0.29) is 18.5 Å². The summed E-state index contributed by atoms with van der Waals surface area (Å²) in [6, 6.07) is -0.341. The number of hydrogen-bond donors (Lipinski definition) is 2. The van der Waals surface area contributed by atoms with E-state index in [1.807, 2.05) is 11.8 Å². The van der Waals surface area contributed by atoms with Crippen molar-refractivity contribution in [3.63, 3.8) is 0 Å². The van der Waals surface area contributed by atoms with Gasteiger partial charge in [-0.05, 0) is 19.8 Å². The molecule has 0 saturated carbocycles. The Bertz CT molecular complexity index is 389. The maximum absolute atomic E-state index is 11.8. The minimum Gasteiger partial charge on any atom is -0.481 e. The molecule has 1 saturated heterocycles. The number of likely N-dealkylation sites (tertiary alicyclic amines) is 1. The van der Waals surface area contributed by atoms with Gasteiger partial charge in [0, 0.05) is 13.1 Å². The first-order valence-electron chi connectivity index (χ1n) is 6.65. The molecular weight excluding hydrogens is 244 g/mol. The number of amides is 1. The molecule has 5 heteroatoms. The SMILES string of the molecule is C#CCNC(=O)C(C)N1CCC(CCC)(C(=O)O)C1. The lowest BCUT2D eigenvalue weighted by molar-refractivity contribution is -0.149. The second kappa shape index (κ2) is 6.58. The topological polar surface area (TPSA) is 69.6 Å².